The lowest BCUT2D eigenvalue weighted by Gasteiger charge is -2.13. The first kappa shape index (κ1) is 24.5. The Bertz CT molecular complexity index is 1210. The van der Waals surface area contributed by atoms with Gasteiger partial charge in [-0.15, -0.1) is 0 Å². The molecule has 0 fully saturated rings. The van der Waals surface area contributed by atoms with E-state index < -0.39 is 35.9 Å². The molecule has 0 saturated carbocycles. The van der Waals surface area contributed by atoms with Crippen molar-refractivity contribution < 1.29 is 31.1 Å². The van der Waals surface area contributed by atoms with E-state index in [9.17, 15) is 31.1 Å². The Hall–Kier alpha value is -4.16. The number of hydrogen-bond acceptors (Lipinski definition) is 3. The molecule has 178 valence electrons. The van der Waals surface area contributed by atoms with Crippen LogP contribution in [0.15, 0.2) is 70.9 Å². The van der Waals surface area contributed by atoms with E-state index in [2.05, 4.69) is 20.4 Å². The number of amides is 1. The van der Waals surface area contributed by atoms with Crippen LogP contribution in [0.1, 0.15) is 16.7 Å². The zero-order valence-electron chi connectivity index (χ0n) is 17.1. The molecule has 0 aliphatic heterocycles. The number of para-hydroxylation sites is 1. The quantitative estimate of drug-likeness (QED) is 0.331. The molecule has 3 aromatic rings. The highest BCUT2D eigenvalue weighted by molar-refractivity contribution is 6.39. The number of hydrogen-bond donors (Lipinski definition) is 2. The highest BCUT2D eigenvalue weighted by atomic mass is 19.4. The SMILES string of the molecule is NC=NC(=Nc1ccccc1)C(=O)NCc1cc(-n2cc(C(F)(F)F)cn2)cc(C(F)(F)F)c1. The molecule has 1 heterocycles. The molecule has 0 unspecified atom stereocenters. The maximum atomic E-state index is 13.4. The molecule has 0 saturated heterocycles. The van der Waals surface area contributed by atoms with Gasteiger partial charge < -0.3 is 11.1 Å². The Morgan fingerprint density at radius 2 is 1.71 bits per heavy atom. The van der Waals surface area contributed by atoms with E-state index in [0.717, 1.165) is 12.4 Å². The molecule has 1 amide bonds. The number of alkyl halides is 6. The molecule has 3 N–H and O–H groups in total. The van der Waals surface area contributed by atoms with Crippen molar-refractivity contribution in [3.63, 3.8) is 0 Å². The number of aliphatic imine (C=N–C) groups is 2. The van der Waals surface area contributed by atoms with E-state index in [1.165, 1.54) is 6.07 Å². The standard InChI is InChI=1S/C21H16F6N6O/c22-20(23,24)14-6-13(7-17(8-14)33-11-15(10-31-33)21(25,26)27)9-29-19(34)18(30-12-28)32-16-4-2-1-3-5-16/h1-8,10-12H,9H2,(H,29,34)(H2,28,30,32). The summed E-state index contributed by atoms with van der Waals surface area (Å²) in [6.07, 6.45) is -7.61. The number of nitrogens with two attached hydrogens (primary N) is 1. The van der Waals surface area contributed by atoms with Gasteiger partial charge in [-0.1, -0.05) is 18.2 Å². The van der Waals surface area contributed by atoms with Gasteiger partial charge in [0.2, 0.25) is 5.84 Å². The number of amidine groups is 1. The second-order valence-electron chi connectivity index (χ2n) is 6.79. The van der Waals surface area contributed by atoms with Gasteiger partial charge in [-0.3, -0.25) is 4.79 Å². The van der Waals surface area contributed by atoms with Gasteiger partial charge in [-0.05, 0) is 35.9 Å². The van der Waals surface area contributed by atoms with Crippen LogP contribution in [0, 0.1) is 0 Å². The van der Waals surface area contributed by atoms with Crippen LogP contribution in [0.5, 0.6) is 0 Å². The molecule has 0 radical (unpaired) electrons. The Kier molecular flexibility index (Phi) is 7.03. The Balaban J connectivity index is 1.89. The number of carbonyl (C=O) groups excluding carboxylic acids is 1. The fraction of sp³-hybridized carbons (Fsp3) is 0.143. The molecule has 13 heteroatoms. The van der Waals surface area contributed by atoms with Crippen molar-refractivity contribution in [2.75, 3.05) is 0 Å². The molecule has 2 aromatic carbocycles. The van der Waals surface area contributed by atoms with E-state index in [4.69, 9.17) is 5.73 Å². The smallest absolute Gasteiger partial charge is 0.390 e. The molecular weight excluding hydrogens is 466 g/mol. The van der Waals surface area contributed by atoms with Crippen LogP contribution in [0.3, 0.4) is 0 Å². The van der Waals surface area contributed by atoms with Crippen LogP contribution >= 0.6 is 0 Å². The van der Waals surface area contributed by atoms with E-state index >= 15 is 0 Å². The van der Waals surface area contributed by atoms with E-state index in [0.29, 0.717) is 28.8 Å². The van der Waals surface area contributed by atoms with E-state index in [1.54, 1.807) is 30.3 Å². The third kappa shape index (κ3) is 6.21. The molecule has 3 rings (SSSR count). The average Bonchev–Trinajstić information content (AvgIpc) is 3.28. The minimum Gasteiger partial charge on any atom is -0.390 e. The van der Waals surface area contributed by atoms with Gasteiger partial charge >= 0.3 is 12.4 Å². The Morgan fingerprint density at radius 3 is 2.29 bits per heavy atom. The first-order valence-corrected chi connectivity index (χ1v) is 9.47. The van der Waals surface area contributed by atoms with Crippen LogP contribution in [0.25, 0.3) is 5.69 Å². The highest BCUT2D eigenvalue weighted by Gasteiger charge is 2.34. The lowest BCUT2D eigenvalue weighted by Crippen LogP contribution is -2.30. The summed E-state index contributed by atoms with van der Waals surface area (Å²) >= 11 is 0. The molecule has 0 atom stereocenters. The van der Waals surface area contributed by atoms with Gasteiger partial charge in [0.05, 0.1) is 35.0 Å². The first-order chi connectivity index (χ1) is 16.0. The van der Waals surface area contributed by atoms with E-state index in [-0.39, 0.29) is 17.1 Å². The van der Waals surface area contributed by atoms with Crippen molar-refractivity contribution >= 4 is 23.8 Å². The van der Waals surface area contributed by atoms with Gasteiger partial charge in [0, 0.05) is 12.7 Å². The third-order valence-corrected chi connectivity index (χ3v) is 4.32. The number of benzene rings is 2. The Morgan fingerprint density at radius 1 is 1.03 bits per heavy atom. The number of nitrogens with zero attached hydrogens (tertiary/aromatic N) is 4. The first-order valence-electron chi connectivity index (χ1n) is 9.47. The van der Waals surface area contributed by atoms with Gasteiger partial charge in [0.25, 0.3) is 5.91 Å². The molecule has 7 nitrogen and oxygen atoms in total. The number of aromatic nitrogens is 2. The van der Waals surface area contributed by atoms with Crippen molar-refractivity contribution in [1.82, 2.24) is 15.1 Å². The molecule has 0 aliphatic carbocycles. The summed E-state index contributed by atoms with van der Waals surface area (Å²) in [5, 5.41) is 5.88. The van der Waals surface area contributed by atoms with Crippen molar-refractivity contribution in [2.24, 2.45) is 15.7 Å². The molecule has 0 spiro atoms. The minimum atomic E-state index is -4.79. The second kappa shape index (κ2) is 9.77. The Labute approximate surface area is 188 Å². The zero-order valence-corrected chi connectivity index (χ0v) is 17.1. The van der Waals surface area contributed by atoms with Crippen LogP contribution in [0.4, 0.5) is 32.0 Å². The highest BCUT2D eigenvalue weighted by Crippen LogP contribution is 2.33. The second-order valence-corrected chi connectivity index (χ2v) is 6.79. The topological polar surface area (TPSA) is 97.7 Å². The average molecular weight is 482 g/mol. The largest absolute Gasteiger partial charge is 0.419 e. The summed E-state index contributed by atoms with van der Waals surface area (Å²) in [7, 11) is 0. The van der Waals surface area contributed by atoms with Crippen molar-refractivity contribution in [2.45, 2.75) is 18.9 Å². The lowest BCUT2D eigenvalue weighted by molar-refractivity contribution is -0.138. The van der Waals surface area contributed by atoms with Crippen LogP contribution < -0.4 is 11.1 Å². The summed E-state index contributed by atoms with van der Waals surface area (Å²) in [5.41, 5.74) is 3.07. The van der Waals surface area contributed by atoms with E-state index in [1.807, 2.05) is 0 Å². The minimum absolute atomic E-state index is 0.0435. The van der Waals surface area contributed by atoms with Crippen molar-refractivity contribution in [1.29, 1.82) is 0 Å². The predicted octanol–water partition coefficient (Wildman–Crippen LogP) is 4.24. The molecular formula is C21H16F6N6O. The number of rotatable bonds is 4. The van der Waals surface area contributed by atoms with Crippen LogP contribution in [0.2, 0.25) is 0 Å². The number of nitrogens with one attached hydrogen (secondary N) is 1. The van der Waals surface area contributed by atoms with Gasteiger partial charge in [-0.2, -0.15) is 31.4 Å². The summed E-state index contributed by atoms with van der Waals surface area (Å²) in [4.78, 5) is 20.2. The van der Waals surface area contributed by atoms with Gasteiger partial charge in [-0.25, -0.2) is 14.7 Å². The molecule has 0 bridgehead atoms. The maximum Gasteiger partial charge on any atom is 0.419 e. The molecule has 34 heavy (non-hydrogen) atoms. The fourth-order valence-corrected chi connectivity index (χ4v) is 2.78. The van der Waals surface area contributed by atoms with Crippen molar-refractivity contribution in [3.05, 3.63) is 77.6 Å². The van der Waals surface area contributed by atoms with Crippen LogP contribution in [-0.2, 0) is 23.7 Å². The summed E-state index contributed by atoms with van der Waals surface area (Å²) in [6, 6.07) is 10.8. The van der Waals surface area contributed by atoms with Gasteiger partial charge in [0.1, 0.15) is 0 Å². The zero-order chi connectivity index (χ0) is 24.9. The molecule has 0 aliphatic rings. The fourth-order valence-electron chi connectivity index (χ4n) is 2.78. The molecule has 1 aromatic heterocycles. The summed E-state index contributed by atoms with van der Waals surface area (Å²) in [5.74, 6) is -1.18. The lowest BCUT2D eigenvalue weighted by atomic mass is 10.1. The summed E-state index contributed by atoms with van der Waals surface area (Å²) < 4.78 is 79.4. The van der Waals surface area contributed by atoms with Gasteiger partial charge in [0.15, 0.2) is 0 Å². The normalized spacial score (nSPS) is 12.8. The van der Waals surface area contributed by atoms with Crippen molar-refractivity contribution in [3.8, 4) is 5.69 Å². The monoisotopic (exact) mass is 482 g/mol. The summed E-state index contributed by atoms with van der Waals surface area (Å²) in [6.45, 7) is -0.406. The number of carbonyl (C=O) groups is 1. The number of halogens is 6. The van der Waals surface area contributed by atoms with Crippen LogP contribution in [-0.4, -0.2) is 27.9 Å². The maximum absolute atomic E-state index is 13.4. The predicted molar refractivity (Wildman–Crippen MR) is 112 cm³/mol. The third-order valence-electron chi connectivity index (χ3n) is 4.32.